The van der Waals surface area contributed by atoms with E-state index in [0.29, 0.717) is 0 Å². The van der Waals surface area contributed by atoms with Crippen LogP contribution < -0.4 is 0 Å². The van der Waals surface area contributed by atoms with Crippen molar-refractivity contribution in [2.45, 2.75) is 17.2 Å². The third kappa shape index (κ3) is 2.80. The lowest BCUT2D eigenvalue weighted by molar-refractivity contribution is -0.384. The predicted octanol–water partition coefficient (Wildman–Crippen LogP) is 1.63. The number of aliphatic hydroxyl groups is 1. The molecule has 0 heterocycles. The monoisotopic (exact) mass is 293 g/mol. The van der Waals surface area contributed by atoms with Crippen LogP contribution in [0.5, 0.6) is 0 Å². The number of non-ortho nitro benzene ring substituents is 1. The largest absolute Gasteiger partial charge is 0.385 e. The van der Waals surface area contributed by atoms with Gasteiger partial charge in [0.25, 0.3) is 5.69 Å². The van der Waals surface area contributed by atoms with Crippen molar-refractivity contribution in [3.8, 4) is 0 Å². The van der Waals surface area contributed by atoms with Gasteiger partial charge < -0.3 is 5.11 Å². The number of nitro groups is 1. The molecule has 1 aromatic carbocycles. The molecule has 0 aliphatic heterocycles. The summed E-state index contributed by atoms with van der Waals surface area (Å²) in [4.78, 5) is 9.87. The van der Waals surface area contributed by atoms with Crippen molar-refractivity contribution in [2.24, 2.45) is 0 Å². The van der Waals surface area contributed by atoms with Crippen LogP contribution in [0.15, 0.2) is 24.3 Å². The van der Waals surface area contributed by atoms with Gasteiger partial charge in [0.2, 0.25) is 0 Å². The minimum Gasteiger partial charge on any atom is -0.385 e. The minimum atomic E-state index is -3.69. The number of aliphatic hydroxyl groups excluding tert-OH is 1. The van der Waals surface area contributed by atoms with Gasteiger partial charge in [-0.2, -0.15) is 0 Å². The van der Waals surface area contributed by atoms with Crippen LogP contribution in [0.3, 0.4) is 0 Å². The maximum Gasteiger partial charge on any atom is 0.269 e. The summed E-state index contributed by atoms with van der Waals surface area (Å²) < 4.78 is 21.0. The normalized spacial score (nSPS) is 16.9. The summed E-state index contributed by atoms with van der Waals surface area (Å²) in [6.45, 7) is 1.18. The second kappa shape index (κ2) is 4.83. The highest BCUT2D eigenvalue weighted by molar-refractivity contribution is 7.93. The van der Waals surface area contributed by atoms with Gasteiger partial charge in [0.05, 0.1) is 4.92 Å². The summed E-state index contributed by atoms with van der Waals surface area (Å²) in [6, 6.07) is 4.89. The SMILES string of the molecule is CC(Cl)(C(O)c1ccc([N+](=O)[O-])cc1)S(C)(=O)=O. The van der Waals surface area contributed by atoms with E-state index in [0.717, 1.165) is 6.26 Å². The Kier molecular flexibility index (Phi) is 3.99. The number of halogens is 1. The lowest BCUT2D eigenvalue weighted by Crippen LogP contribution is -2.35. The average molecular weight is 294 g/mol. The number of alkyl halides is 1. The zero-order valence-electron chi connectivity index (χ0n) is 9.70. The fraction of sp³-hybridized carbons (Fsp3) is 0.400. The molecule has 100 valence electrons. The predicted molar refractivity (Wildman–Crippen MR) is 67.2 cm³/mol. The lowest BCUT2D eigenvalue weighted by atomic mass is 10.1. The number of nitro benzene ring substituents is 1. The van der Waals surface area contributed by atoms with Gasteiger partial charge >= 0.3 is 0 Å². The van der Waals surface area contributed by atoms with E-state index in [1.54, 1.807) is 0 Å². The van der Waals surface area contributed by atoms with Gasteiger partial charge in [0.1, 0.15) is 6.10 Å². The lowest BCUT2D eigenvalue weighted by Gasteiger charge is -2.26. The smallest absolute Gasteiger partial charge is 0.269 e. The molecule has 6 nitrogen and oxygen atoms in total. The van der Waals surface area contributed by atoms with E-state index in [9.17, 15) is 23.6 Å². The molecule has 0 bridgehead atoms. The number of rotatable bonds is 4. The fourth-order valence-corrected chi connectivity index (χ4v) is 1.95. The van der Waals surface area contributed by atoms with Crippen LogP contribution in [-0.2, 0) is 9.84 Å². The molecule has 0 aliphatic carbocycles. The highest BCUT2D eigenvalue weighted by Gasteiger charge is 2.41. The van der Waals surface area contributed by atoms with Gasteiger partial charge in [-0.15, -0.1) is 0 Å². The molecule has 0 saturated carbocycles. The molecule has 0 amide bonds. The standard InChI is InChI=1S/C10H12ClNO5S/c1-10(11,18(2,16)17)9(13)7-3-5-8(6-4-7)12(14)15/h3-6,9,13H,1-2H3. The summed E-state index contributed by atoms with van der Waals surface area (Å²) in [6.07, 6.45) is -0.566. The number of benzene rings is 1. The Labute approximate surface area is 109 Å². The van der Waals surface area contributed by atoms with Gasteiger partial charge in [-0.1, -0.05) is 11.6 Å². The van der Waals surface area contributed by atoms with Crippen molar-refractivity contribution in [3.05, 3.63) is 39.9 Å². The van der Waals surface area contributed by atoms with E-state index in [1.807, 2.05) is 0 Å². The number of hydrogen-bond acceptors (Lipinski definition) is 5. The maximum atomic E-state index is 11.4. The van der Waals surface area contributed by atoms with E-state index in [2.05, 4.69) is 0 Å². The summed E-state index contributed by atoms with van der Waals surface area (Å²) in [5.41, 5.74) is 0.0464. The second-order valence-electron chi connectivity index (χ2n) is 4.01. The van der Waals surface area contributed by atoms with E-state index in [4.69, 9.17) is 11.6 Å². The number of sulfone groups is 1. The van der Waals surface area contributed by atoms with Gasteiger partial charge in [-0.3, -0.25) is 10.1 Å². The molecule has 2 atom stereocenters. The highest BCUT2D eigenvalue weighted by Crippen LogP contribution is 2.36. The summed E-state index contributed by atoms with van der Waals surface area (Å²) >= 11 is 5.83. The first kappa shape index (κ1) is 14.9. The van der Waals surface area contributed by atoms with Crippen molar-refractivity contribution in [2.75, 3.05) is 6.26 Å². The van der Waals surface area contributed by atoms with Crippen molar-refractivity contribution in [3.63, 3.8) is 0 Å². The molecule has 1 N–H and O–H groups in total. The first-order chi connectivity index (χ1) is 8.07. The molecule has 8 heteroatoms. The summed E-state index contributed by atoms with van der Waals surface area (Å²) in [5.74, 6) is 0. The molecule has 0 aliphatic rings. The molecule has 2 unspecified atom stereocenters. The van der Waals surface area contributed by atoms with E-state index >= 15 is 0 Å². The van der Waals surface area contributed by atoms with Crippen LogP contribution in [0.2, 0.25) is 0 Å². The maximum absolute atomic E-state index is 11.4. The minimum absolute atomic E-state index is 0.151. The Morgan fingerprint density at radius 3 is 2.17 bits per heavy atom. The first-order valence-electron chi connectivity index (χ1n) is 4.88. The van der Waals surface area contributed by atoms with Gasteiger partial charge in [0.15, 0.2) is 14.0 Å². The highest BCUT2D eigenvalue weighted by atomic mass is 35.5. The van der Waals surface area contributed by atoms with Crippen molar-refractivity contribution < 1.29 is 18.4 Å². The van der Waals surface area contributed by atoms with Crippen molar-refractivity contribution >= 4 is 27.1 Å². The average Bonchev–Trinajstić information content (AvgIpc) is 2.26. The molecular weight excluding hydrogens is 282 g/mol. The van der Waals surface area contributed by atoms with E-state index < -0.39 is 25.1 Å². The molecule has 0 aromatic heterocycles. The van der Waals surface area contributed by atoms with Crippen LogP contribution in [-0.4, -0.2) is 28.9 Å². The molecule has 0 radical (unpaired) electrons. The van der Waals surface area contributed by atoms with E-state index in [1.165, 1.54) is 31.2 Å². The molecule has 0 spiro atoms. The Morgan fingerprint density at radius 2 is 1.83 bits per heavy atom. The third-order valence-electron chi connectivity index (χ3n) is 2.63. The van der Waals surface area contributed by atoms with Gasteiger partial charge in [0, 0.05) is 18.4 Å². The van der Waals surface area contributed by atoms with Crippen LogP contribution in [0, 0.1) is 10.1 Å². The molecular formula is C10H12ClNO5S. The fourth-order valence-electron chi connectivity index (χ4n) is 1.28. The summed E-state index contributed by atoms with van der Waals surface area (Å²) in [5, 5.41) is 20.4. The number of hydrogen-bond donors (Lipinski definition) is 1. The van der Waals surface area contributed by atoms with Gasteiger partial charge in [-0.25, -0.2) is 8.42 Å². The molecule has 0 saturated heterocycles. The van der Waals surface area contributed by atoms with Crippen molar-refractivity contribution in [1.82, 2.24) is 0 Å². The Bertz CT molecular complexity index is 552. The van der Waals surface area contributed by atoms with Crippen LogP contribution in [0.4, 0.5) is 5.69 Å². The van der Waals surface area contributed by atoms with Crippen LogP contribution in [0.25, 0.3) is 0 Å². The molecule has 0 fully saturated rings. The summed E-state index contributed by atoms with van der Waals surface area (Å²) in [7, 11) is -3.69. The quantitative estimate of drug-likeness (QED) is 0.517. The molecule has 1 rings (SSSR count). The molecule has 1 aromatic rings. The van der Waals surface area contributed by atoms with E-state index in [-0.39, 0.29) is 11.3 Å². The van der Waals surface area contributed by atoms with Gasteiger partial charge in [-0.05, 0) is 24.6 Å². The second-order valence-corrected chi connectivity index (χ2v) is 7.41. The van der Waals surface area contributed by atoms with Crippen LogP contribution >= 0.6 is 11.6 Å². The first-order valence-corrected chi connectivity index (χ1v) is 7.15. The van der Waals surface area contributed by atoms with Crippen molar-refractivity contribution in [1.29, 1.82) is 0 Å². The number of nitrogens with zero attached hydrogens (tertiary/aromatic N) is 1. The molecule has 18 heavy (non-hydrogen) atoms. The zero-order valence-corrected chi connectivity index (χ0v) is 11.3. The Hall–Kier alpha value is -1.18. The topological polar surface area (TPSA) is 97.5 Å². The Morgan fingerprint density at radius 1 is 1.39 bits per heavy atom. The van der Waals surface area contributed by atoms with Crippen LogP contribution in [0.1, 0.15) is 18.6 Å². The Balaban J connectivity index is 3.12. The third-order valence-corrected chi connectivity index (χ3v) is 5.35. The zero-order chi connectivity index (χ0) is 14.1.